The smallest absolute Gasteiger partial charge is 0.324 e. The molecule has 0 saturated heterocycles. The van der Waals surface area contributed by atoms with Gasteiger partial charge in [0.05, 0.1) is 0 Å². The molecule has 10 heavy (non-hydrogen) atoms. The van der Waals surface area contributed by atoms with Gasteiger partial charge in [-0.15, -0.1) is 0 Å². The largest absolute Gasteiger partial charge is 0.480 e. The van der Waals surface area contributed by atoms with E-state index in [1.165, 1.54) is 6.92 Å². The lowest BCUT2D eigenvalue weighted by atomic mass is 10.2. The quantitative estimate of drug-likeness (QED) is 0.496. The highest BCUT2D eigenvalue weighted by atomic mass is 16.5. The predicted octanol–water partition coefficient (Wildman–Crippen LogP) is -1.04. The van der Waals surface area contributed by atoms with E-state index in [1.807, 2.05) is 0 Å². The Morgan fingerprint density at radius 1 is 1.80 bits per heavy atom. The van der Waals surface area contributed by atoms with E-state index < -0.39 is 18.1 Å². The molecule has 0 spiro atoms. The summed E-state index contributed by atoms with van der Waals surface area (Å²) in [4.78, 5) is 19.8. The van der Waals surface area contributed by atoms with Crippen LogP contribution in [0.5, 0.6) is 0 Å². The van der Waals surface area contributed by atoms with E-state index in [2.05, 4.69) is 4.74 Å². The van der Waals surface area contributed by atoms with Gasteiger partial charge in [-0.2, -0.15) is 0 Å². The maximum Gasteiger partial charge on any atom is 0.324 e. The van der Waals surface area contributed by atoms with Crippen molar-refractivity contribution in [3.63, 3.8) is 0 Å². The number of aliphatic carboxylic acids is 1. The van der Waals surface area contributed by atoms with Gasteiger partial charge in [-0.1, -0.05) is 0 Å². The zero-order valence-electron chi connectivity index (χ0n) is 5.48. The van der Waals surface area contributed by atoms with Crippen LogP contribution in [-0.2, 0) is 14.3 Å². The molecule has 2 atom stereocenters. The zero-order valence-corrected chi connectivity index (χ0v) is 5.48. The summed E-state index contributed by atoms with van der Waals surface area (Å²) in [6, 6.07) is -1.15. The van der Waals surface area contributed by atoms with Gasteiger partial charge in [0.2, 0.25) is 0 Å². The number of carboxylic acid groups (broad SMARTS) is 1. The summed E-state index contributed by atoms with van der Waals surface area (Å²) in [5, 5.41) is 8.26. The molecule has 5 nitrogen and oxygen atoms in total. The van der Waals surface area contributed by atoms with Crippen molar-refractivity contribution in [2.45, 2.75) is 19.1 Å². The molecule has 3 N–H and O–H groups in total. The summed E-state index contributed by atoms with van der Waals surface area (Å²) >= 11 is 0. The molecule has 0 aromatic rings. The second-order valence-corrected chi connectivity index (χ2v) is 1.80. The van der Waals surface area contributed by atoms with Gasteiger partial charge in [0.15, 0.2) is 0 Å². The first-order chi connectivity index (χ1) is 4.59. The molecular formula is C5H9NO4. The second-order valence-electron chi connectivity index (χ2n) is 1.80. The number of carbonyl (C=O) groups excluding carboxylic acids is 1. The Hall–Kier alpha value is -1.10. The summed E-state index contributed by atoms with van der Waals surface area (Å²) in [6.45, 7) is 1.58. The Morgan fingerprint density at radius 2 is 2.30 bits per heavy atom. The van der Waals surface area contributed by atoms with Gasteiger partial charge in [0.25, 0.3) is 6.47 Å². The number of carbonyl (C=O) groups is 2. The summed E-state index contributed by atoms with van der Waals surface area (Å²) in [7, 11) is 0. The van der Waals surface area contributed by atoms with Crippen LogP contribution in [0.2, 0.25) is 0 Å². The molecule has 5 heteroatoms. The van der Waals surface area contributed by atoms with E-state index in [-0.39, 0.29) is 6.47 Å². The van der Waals surface area contributed by atoms with E-state index >= 15 is 0 Å². The van der Waals surface area contributed by atoms with Gasteiger partial charge in [-0.25, -0.2) is 0 Å². The van der Waals surface area contributed by atoms with Crippen molar-refractivity contribution >= 4 is 12.4 Å². The number of hydrogen-bond donors (Lipinski definition) is 2. The third kappa shape index (κ3) is 2.45. The van der Waals surface area contributed by atoms with Crippen molar-refractivity contribution in [2.24, 2.45) is 5.73 Å². The molecule has 0 aromatic heterocycles. The maximum absolute atomic E-state index is 10.1. The Balaban J connectivity index is 3.80. The maximum atomic E-state index is 10.1. The van der Waals surface area contributed by atoms with Gasteiger partial charge >= 0.3 is 5.97 Å². The monoisotopic (exact) mass is 147 g/mol. The number of carboxylic acids is 1. The van der Waals surface area contributed by atoms with Crippen molar-refractivity contribution in [3.8, 4) is 0 Å². The molecule has 0 heterocycles. The van der Waals surface area contributed by atoms with E-state index in [0.717, 1.165) is 0 Å². The zero-order chi connectivity index (χ0) is 8.15. The number of hydrogen-bond acceptors (Lipinski definition) is 4. The van der Waals surface area contributed by atoms with E-state index in [4.69, 9.17) is 10.8 Å². The standard InChI is InChI=1S/C5H9NO4/c1-3(10-2-7)4(6)5(8)9/h2-4H,6H2,1H3,(H,8,9)/t3-,4+/m1/s1. The van der Waals surface area contributed by atoms with Gasteiger partial charge in [0.1, 0.15) is 12.1 Å². The minimum atomic E-state index is -1.19. The lowest BCUT2D eigenvalue weighted by molar-refractivity contribution is -0.145. The molecule has 0 aliphatic rings. The van der Waals surface area contributed by atoms with Crippen molar-refractivity contribution in [1.29, 1.82) is 0 Å². The van der Waals surface area contributed by atoms with Crippen LogP contribution in [-0.4, -0.2) is 29.7 Å². The molecule has 0 saturated carbocycles. The summed E-state index contributed by atoms with van der Waals surface area (Å²) in [5.74, 6) is -1.19. The highest BCUT2D eigenvalue weighted by molar-refractivity contribution is 5.74. The van der Waals surface area contributed by atoms with Gasteiger partial charge in [0, 0.05) is 0 Å². The molecule has 0 aliphatic carbocycles. The number of nitrogens with two attached hydrogens (primary N) is 1. The number of rotatable bonds is 4. The van der Waals surface area contributed by atoms with Crippen LogP contribution in [0.3, 0.4) is 0 Å². The Labute approximate surface area is 57.8 Å². The average Bonchev–Trinajstić information content (AvgIpc) is 1.87. The van der Waals surface area contributed by atoms with Crippen molar-refractivity contribution in [1.82, 2.24) is 0 Å². The van der Waals surface area contributed by atoms with Crippen LogP contribution in [0, 0.1) is 0 Å². The van der Waals surface area contributed by atoms with Crippen LogP contribution in [0.1, 0.15) is 6.92 Å². The van der Waals surface area contributed by atoms with E-state index in [0.29, 0.717) is 0 Å². The van der Waals surface area contributed by atoms with E-state index in [9.17, 15) is 9.59 Å². The van der Waals surface area contributed by atoms with Crippen LogP contribution in [0.4, 0.5) is 0 Å². The van der Waals surface area contributed by atoms with Crippen LogP contribution < -0.4 is 5.73 Å². The third-order valence-electron chi connectivity index (χ3n) is 1.06. The lowest BCUT2D eigenvalue weighted by Crippen LogP contribution is -2.41. The average molecular weight is 147 g/mol. The molecule has 0 bridgehead atoms. The summed E-state index contributed by atoms with van der Waals surface area (Å²) in [6.07, 6.45) is -0.782. The van der Waals surface area contributed by atoms with Crippen molar-refractivity contribution < 1.29 is 19.4 Å². The van der Waals surface area contributed by atoms with Gasteiger partial charge in [-0.05, 0) is 6.92 Å². The first kappa shape index (κ1) is 8.90. The highest BCUT2D eigenvalue weighted by Gasteiger charge is 2.20. The van der Waals surface area contributed by atoms with Crippen LogP contribution >= 0.6 is 0 Å². The SMILES string of the molecule is C[C@@H](OC=O)[C@H](N)C(=O)O. The highest BCUT2D eigenvalue weighted by Crippen LogP contribution is 1.93. The lowest BCUT2D eigenvalue weighted by Gasteiger charge is -2.12. The number of ether oxygens (including phenoxy) is 1. The molecule has 0 unspecified atom stereocenters. The summed E-state index contributed by atoms with van der Waals surface area (Å²) in [5.41, 5.74) is 5.06. The Kier molecular flexibility index (Phi) is 3.42. The Bertz CT molecular complexity index is 136. The van der Waals surface area contributed by atoms with Crippen LogP contribution in [0.25, 0.3) is 0 Å². The van der Waals surface area contributed by atoms with Gasteiger partial charge in [-0.3, -0.25) is 9.59 Å². The predicted molar refractivity (Wildman–Crippen MR) is 32.2 cm³/mol. The molecule has 0 amide bonds. The fourth-order valence-electron chi connectivity index (χ4n) is 0.373. The first-order valence-corrected chi connectivity index (χ1v) is 2.67. The third-order valence-corrected chi connectivity index (χ3v) is 1.06. The summed E-state index contributed by atoms with van der Waals surface area (Å²) < 4.78 is 4.28. The molecule has 58 valence electrons. The topological polar surface area (TPSA) is 89.6 Å². The van der Waals surface area contributed by atoms with Gasteiger partial charge < -0.3 is 15.6 Å². The minimum absolute atomic E-state index is 0.174. The normalized spacial score (nSPS) is 15.4. The molecule has 0 aromatic carbocycles. The van der Waals surface area contributed by atoms with Crippen molar-refractivity contribution in [2.75, 3.05) is 0 Å². The minimum Gasteiger partial charge on any atom is -0.480 e. The molecule has 0 rings (SSSR count). The molecular weight excluding hydrogens is 138 g/mol. The first-order valence-electron chi connectivity index (χ1n) is 2.67. The molecule has 0 aliphatic heterocycles. The fourth-order valence-corrected chi connectivity index (χ4v) is 0.373. The van der Waals surface area contributed by atoms with E-state index in [1.54, 1.807) is 0 Å². The van der Waals surface area contributed by atoms with Crippen LogP contribution in [0.15, 0.2) is 0 Å². The van der Waals surface area contributed by atoms with Crippen molar-refractivity contribution in [3.05, 3.63) is 0 Å². The second kappa shape index (κ2) is 3.84. The molecule has 0 fully saturated rings. The fraction of sp³-hybridized carbons (Fsp3) is 0.600. The Morgan fingerprint density at radius 3 is 2.60 bits per heavy atom. The molecule has 0 radical (unpaired) electrons.